The number of hydrogen-bond acceptors (Lipinski definition) is 3. The highest BCUT2D eigenvalue weighted by Crippen LogP contribution is 2.08. The second-order valence-corrected chi connectivity index (χ2v) is 4.57. The molecule has 0 saturated carbocycles. The molecule has 4 nitrogen and oxygen atoms in total. The first-order valence-corrected chi connectivity index (χ1v) is 6.50. The maximum Gasteiger partial charge on any atom is 0.223 e. The van der Waals surface area contributed by atoms with E-state index in [1.54, 1.807) is 0 Å². The van der Waals surface area contributed by atoms with Gasteiger partial charge in [-0.25, -0.2) is 0 Å². The summed E-state index contributed by atoms with van der Waals surface area (Å²) in [5, 5.41) is 6.24. The van der Waals surface area contributed by atoms with Gasteiger partial charge in [0.25, 0.3) is 0 Å². The Kier molecular flexibility index (Phi) is 5.02. The van der Waals surface area contributed by atoms with E-state index in [2.05, 4.69) is 10.6 Å². The smallest absolute Gasteiger partial charge is 0.223 e. The molecule has 1 aliphatic rings. The molecule has 1 aliphatic heterocycles. The average Bonchev–Trinajstić information content (AvgIpc) is 2.91. The van der Waals surface area contributed by atoms with Crippen molar-refractivity contribution in [3.05, 3.63) is 30.3 Å². The molecule has 1 unspecified atom stereocenters. The molecular weight excluding hydrogens is 228 g/mol. The summed E-state index contributed by atoms with van der Waals surface area (Å²) in [4.78, 5) is 11.6. The van der Waals surface area contributed by atoms with Crippen molar-refractivity contribution >= 4 is 5.91 Å². The minimum atomic E-state index is 0.0674. The standard InChI is InChI=1S/C14H20N2O2/c17-14(16-11-12-6-8-15-10-12)7-9-18-13-4-2-1-3-5-13/h1-5,12,15H,6-11H2,(H,16,17). The molecule has 2 rings (SSSR count). The Morgan fingerprint density at radius 3 is 2.94 bits per heavy atom. The Hall–Kier alpha value is -1.55. The number of hydrogen-bond donors (Lipinski definition) is 2. The molecule has 18 heavy (non-hydrogen) atoms. The van der Waals surface area contributed by atoms with Crippen LogP contribution < -0.4 is 15.4 Å². The van der Waals surface area contributed by atoms with Gasteiger partial charge < -0.3 is 15.4 Å². The molecule has 1 heterocycles. The molecule has 98 valence electrons. The summed E-state index contributed by atoms with van der Waals surface area (Å²) in [6.45, 7) is 3.29. The minimum Gasteiger partial charge on any atom is -0.493 e. The lowest BCUT2D eigenvalue weighted by atomic mass is 10.1. The maximum absolute atomic E-state index is 11.6. The van der Waals surface area contributed by atoms with E-state index >= 15 is 0 Å². The highest BCUT2D eigenvalue weighted by atomic mass is 16.5. The zero-order chi connectivity index (χ0) is 12.6. The molecule has 1 atom stereocenters. The summed E-state index contributed by atoms with van der Waals surface area (Å²) in [6, 6.07) is 9.56. The Labute approximate surface area is 108 Å². The van der Waals surface area contributed by atoms with E-state index in [4.69, 9.17) is 4.74 Å². The van der Waals surface area contributed by atoms with Crippen molar-refractivity contribution in [2.45, 2.75) is 12.8 Å². The van der Waals surface area contributed by atoms with E-state index in [0.717, 1.165) is 31.8 Å². The topological polar surface area (TPSA) is 50.4 Å². The highest BCUT2D eigenvalue weighted by molar-refractivity contribution is 5.75. The molecule has 1 fully saturated rings. The molecule has 4 heteroatoms. The number of carbonyl (C=O) groups is 1. The van der Waals surface area contributed by atoms with E-state index < -0.39 is 0 Å². The van der Waals surface area contributed by atoms with Gasteiger partial charge in [-0.05, 0) is 37.6 Å². The lowest BCUT2D eigenvalue weighted by molar-refractivity contribution is -0.121. The molecule has 1 aromatic rings. The summed E-state index contributed by atoms with van der Waals surface area (Å²) in [6.07, 6.45) is 1.57. The zero-order valence-electron chi connectivity index (χ0n) is 10.5. The van der Waals surface area contributed by atoms with Gasteiger partial charge in [-0.3, -0.25) is 4.79 Å². The van der Waals surface area contributed by atoms with Crippen LogP contribution in [0.5, 0.6) is 5.75 Å². The van der Waals surface area contributed by atoms with Crippen LogP contribution in [0.4, 0.5) is 0 Å². The van der Waals surface area contributed by atoms with E-state index in [0.29, 0.717) is 18.9 Å². The first-order valence-electron chi connectivity index (χ1n) is 6.50. The molecular formula is C14H20N2O2. The number of nitrogens with one attached hydrogen (secondary N) is 2. The van der Waals surface area contributed by atoms with Crippen LogP contribution in [0.15, 0.2) is 30.3 Å². The van der Waals surface area contributed by atoms with Crippen molar-refractivity contribution in [1.29, 1.82) is 0 Å². The second-order valence-electron chi connectivity index (χ2n) is 4.57. The fraction of sp³-hybridized carbons (Fsp3) is 0.500. The van der Waals surface area contributed by atoms with Crippen LogP contribution in [0.1, 0.15) is 12.8 Å². The average molecular weight is 248 g/mol. The van der Waals surface area contributed by atoms with Crippen molar-refractivity contribution in [3.63, 3.8) is 0 Å². The Morgan fingerprint density at radius 1 is 1.39 bits per heavy atom. The Bertz CT molecular complexity index is 361. The van der Waals surface area contributed by atoms with Gasteiger partial charge in [0.15, 0.2) is 0 Å². The van der Waals surface area contributed by atoms with Crippen LogP contribution >= 0.6 is 0 Å². The SMILES string of the molecule is O=C(CCOc1ccccc1)NCC1CCNC1. The van der Waals surface area contributed by atoms with E-state index in [9.17, 15) is 4.79 Å². The minimum absolute atomic E-state index is 0.0674. The lowest BCUT2D eigenvalue weighted by Gasteiger charge is -2.10. The predicted molar refractivity (Wildman–Crippen MR) is 70.5 cm³/mol. The monoisotopic (exact) mass is 248 g/mol. The van der Waals surface area contributed by atoms with Crippen LogP contribution in [0.2, 0.25) is 0 Å². The van der Waals surface area contributed by atoms with E-state index in [1.807, 2.05) is 30.3 Å². The third kappa shape index (κ3) is 4.37. The quantitative estimate of drug-likeness (QED) is 0.795. The van der Waals surface area contributed by atoms with Gasteiger partial charge in [0.2, 0.25) is 5.91 Å². The van der Waals surface area contributed by atoms with Crippen LogP contribution in [0.3, 0.4) is 0 Å². The van der Waals surface area contributed by atoms with E-state index in [-0.39, 0.29) is 5.91 Å². The van der Waals surface area contributed by atoms with Crippen molar-refractivity contribution in [2.24, 2.45) is 5.92 Å². The third-order valence-electron chi connectivity index (χ3n) is 3.09. The Balaban J connectivity index is 1.57. The number of ether oxygens (including phenoxy) is 1. The van der Waals surface area contributed by atoms with Crippen LogP contribution in [0.25, 0.3) is 0 Å². The molecule has 1 aromatic carbocycles. The number of carbonyl (C=O) groups excluding carboxylic acids is 1. The first-order chi connectivity index (χ1) is 8.84. The molecule has 0 aliphatic carbocycles. The van der Waals surface area contributed by atoms with Gasteiger partial charge in [0, 0.05) is 6.54 Å². The molecule has 1 saturated heterocycles. The highest BCUT2D eigenvalue weighted by Gasteiger charge is 2.14. The fourth-order valence-corrected chi connectivity index (χ4v) is 2.01. The normalized spacial score (nSPS) is 18.6. The van der Waals surface area contributed by atoms with Crippen molar-refractivity contribution in [1.82, 2.24) is 10.6 Å². The van der Waals surface area contributed by atoms with Gasteiger partial charge in [-0.2, -0.15) is 0 Å². The predicted octanol–water partition coefficient (Wildman–Crippen LogP) is 1.18. The van der Waals surface area contributed by atoms with E-state index in [1.165, 1.54) is 0 Å². The summed E-state index contributed by atoms with van der Waals surface area (Å²) < 4.78 is 5.48. The van der Waals surface area contributed by atoms with Gasteiger partial charge in [-0.15, -0.1) is 0 Å². The van der Waals surface area contributed by atoms with Gasteiger partial charge >= 0.3 is 0 Å². The van der Waals surface area contributed by atoms with Crippen LogP contribution in [-0.2, 0) is 4.79 Å². The fourth-order valence-electron chi connectivity index (χ4n) is 2.01. The Morgan fingerprint density at radius 2 is 2.22 bits per heavy atom. The molecule has 2 N–H and O–H groups in total. The van der Waals surface area contributed by atoms with Gasteiger partial charge in [-0.1, -0.05) is 18.2 Å². The maximum atomic E-state index is 11.6. The summed E-state index contributed by atoms with van der Waals surface area (Å²) in [5.41, 5.74) is 0. The second kappa shape index (κ2) is 7.01. The third-order valence-corrected chi connectivity index (χ3v) is 3.09. The molecule has 0 aromatic heterocycles. The molecule has 0 bridgehead atoms. The number of amides is 1. The molecule has 0 radical (unpaired) electrons. The van der Waals surface area contributed by atoms with Crippen molar-refractivity contribution in [3.8, 4) is 5.75 Å². The number of para-hydroxylation sites is 1. The van der Waals surface area contributed by atoms with Gasteiger partial charge in [0.05, 0.1) is 13.0 Å². The molecule has 1 amide bonds. The van der Waals surface area contributed by atoms with Gasteiger partial charge in [0.1, 0.15) is 5.75 Å². The number of rotatable bonds is 6. The zero-order valence-corrected chi connectivity index (χ0v) is 10.5. The summed E-state index contributed by atoms with van der Waals surface area (Å²) in [7, 11) is 0. The first kappa shape index (κ1) is 12.9. The van der Waals surface area contributed by atoms with Crippen molar-refractivity contribution < 1.29 is 9.53 Å². The lowest BCUT2D eigenvalue weighted by Crippen LogP contribution is -2.31. The number of benzene rings is 1. The summed E-state index contributed by atoms with van der Waals surface area (Å²) in [5.74, 6) is 1.46. The largest absolute Gasteiger partial charge is 0.493 e. The van der Waals surface area contributed by atoms with Crippen LogP contribution in [-0.4, -0.2) is 32.1 Å². The van der Waals surface area contributed by atoms with Crippen molar-refractivity contribution in [2.75, 3.05) is 26.2 Å². The summed E-state index contributed by atoms with van der Waals surface area (Å²) >= 11 is 0. The molecule has 0 spiro atoms. The van der Waals surface area contributed by atoms with Crippen LogP contribution in [0, 0.1) is 5.92 Å².